The van der Waals surface area contributed by atoms with Crippen LogP contribution in [-0.2, 0) is 12.0 Å². The first-order valence-electron chi connectivity index (χ1n) is 12.4. The van der Waals surface area contributed by atoms with E-state index in [1.54, 1.807) is 7.11 Å². The van der Waals surface area contributed by atoms with Crippen molar-refractivity contribution in [1.29, 1.82) is 0 Å². The average molecular weight is 462 g/mol. The normalized spacial score (nSPS) is 13.0. The summed E-state index contributed by atoms with van der Waals surface area (Å²) in [6.45, 7) is 10.0. The van der Waals surface area contributed by atoms with Crippen molar-refractivity contribution in [1.82, 2.24) is 4.90 Å². The fourth-order valence-electron chi connectivity index (χ4n) is 4.28. The predicted octanol–water partition coefficient (Wildman–Crippen LogP) is 5.98. The third kappa shape index (κ3) is 6.85. The van der Waals surface area contributed by atoms with Crippen LogP contribution in [0.2, 0.25) is 0 Å². The van der Waals surface area contributed by atoms with Crippen LogP contribution in [-0.4, -0.2) is 43.4 Å². The van der Waals surface area contributed by atoms with Crippen molar-refractivity contribution in [3.63, 3.8) is 0 Å². The molecular formula is C30H39NO3. The molecule has 0 amide bonds. The lowest BCUT2D eigenvalue weighted by Gasteiger charge is -2.30. The molecule has 0 radical (unpaired) electrons. The van der Waals surface area contributed by atoms with Crippen LogP contribution in [0.4, 0.5) is 0 Å². The summed E-state index contributed by atoms with van der Waals surface area (Å²) in [5.74, 6) is 1.61. The zero-order valence-electron chi connectivity index (χ0n) is 21.1. The van der Waals surface area contributed by atoms with Gasteiger partial charge in [-0.2, -0.15) is 0 Å². The average Bonchev–Trinajstić information content (AvgIpc) is 2.88. The van der Waals surface area contributed by atoms with Gasteiger partial charge >= 0.3 is 0 Å². The van der Waals surface area contributed by atoms with E-state index in [-0.39, 0.29) is 0 Å². The molecule has 0 heterocycles. The molecule has 1 unspecified atom stereocenters. The van der Waals surface area contributed by atoms with E-state index >= 15 is 0 Å². The van der Waals surface area contributed by atoms with Crippen molar-refractivity contribution in [3.8, 4) is 11.5 Å². The van der Waals surface area contributed by atoms with Crippen LogP contribution in [0.15, 0.2) is 72.8 Å². The molecule has 3 rings (SSSR count). The van der Waals surface area contributed by atoms with Gasteiger partial charge in [-0.25, -0.2) is 0 Å². The monoisotopic (exact) mass is 461 g/mol. The maximum absolute atomic E-state index is 12.0. The Morgan fingerprint density at radius 1 is 0.794 bits per heavy atom. The SMILES string of the molecule is CCN(CC)CCOc1ccc(C(O)(CCCc2ccc(C)cc2)c2ccc(OC)cc2)cc1. The molecule has 3 aromatic carbocycles. The van der Waals surface area contributed by atoms with Gasteiger partial charge in [0.05, 0.1) is 7.11 Å². The quantitative estimate of drug-likeness (QED) is 0.340. The van der Waals surface area contributed by atoms with Crippen molar-refractivity contribution in [2.45, 2.75) is 45.6 Å². The highest BCUT2D eigenvalue weighted by Gasteiger charge is 2.31. The molecule has 182 valence electrons. The summed E-state index contributed by atoms with van der Waals surface area (Å²) in [6.07, 6.45) is 2.41. The standard InChI is InChI=1S/C30H39NO3/c1-5-31(6-2)22-23-34-29-19-15-27(16-20-29)30(32,26-13-17-28(33-4)18-14-26)21-7-8-25-11-9-24(3)10-12-25/h9-20,32H,5-8,21-23H2,1-4H3. The molecule has 4 nitrogen and oxygen atoms in total. The molecule has 0 saturated heterocycles. The minimum absolute atomic E-state index is 0.620. The largest absolute Gasteiger partial charge is 0.497 e. The zero-order chi connectivity index (χ0) is 24.4. The molecule has 0 saturated carbocycles. The van der Waals surface area contributed by atoms with Crippen LogP contribution in [0, 0.1) is 6.92 Å². The molecule has 0 aliphatic carbocycles. The Kier molecular flexibility index (Phi) is 9.55. The molecule has 4 heteroatoms. The van der Waals surface area contributed by atoms with E-state index in [1.807, 2.05) is 48.5 Å². The molecule has 1 atom stereocenters. The van der Waals surface area contributed by atoms with Gasteiger partial charge in [0.1, 0.15) is 23.7 Å². The molecular weight excluding hydrogens is 422 g/mol. The highest BCUT2D eigenvalue weighted by Crippen LogP contribution is 2.36. The Labute approximate surface area is 205 Å². The second-order valence-corrected chi connectivity index (χ2v) is 8.83. The number of likely N-dealkylation sites (N-methyl/N-ethyl adjacent to an activating group) is 1. The lowest BCUT2D eigenvalue weighted by atomic mass is 9.82. The van der Waals surface area contributed by atoms with Crippen LogP contribution in [0.3, 0.4) is 0 Å². The Morgan fingerprint density at radius 2 is 1.35 bits per heavy atom. The lowest BCUT2D eigenvalue weighted by Crippen LogP contribution is -2.28. The number of methoxy groups -OCH3 is 1. The summed E-state index contributed by atoms with van der Waals surface area (Å²) in [6, 6.07) is 24.3. The van der Waals surface area contributed by atoms with Crippen LogP contribution < -0.4 is 9.47 Å². The fraction of sp³-hybridized carbons (Fsp3) is 0.400. The van der Waals surface area contributed by atoms with Gasteiger partial charge in [0, 0.05) is 6.54 Å². The Bertz CT molecular complexity index is 979. The fourth-order valence-corrected chi connectivity index (χ4v) is 4.28. The summed E-state index contributed by atoms with van der Waals surface area (Å²) in [5.41, 5.74) is 3.21. The van der Waals surface area contributed by atoms with Crippen LogP contribution >= 0.6 is 0 Å². The third-order valence-electron chi connectivity index (χ3n) is 6.59. The van der Waals surface area contributed by atoms with Crippen LogP contribution in [0.5, 0.6) is 11.5 Å². The summed E-state index contributed by atoms with van der Waals surface area (Å²) in [5, 5.41) is 12.0. The van der Waals surface area contributed by atoms with Crippen molar-refractivity contribution < 1.29 is 14.6 Å². The Morgan fingerprint density at radius 3 is 1.88 bits per heavy atom. The minimum atomic E-state index is -1.09. The number of rotatable bonds is 13. The molecule has 0 aliphatic heterocycles. The van der Waals surface area contributed by atoms with E-state index in [2.05, 4.69) is 49.9 Å². The van der Waals surface area contributed by atoms with Crippen molar-refractivity contribution in [2.75, 3.05) is 33.4 Å². The summed E-state index contributed by atoms with van der Waals surface area (Å²) in [7, 11) is 1.65. The Hall–Kier alpha value is -2.82. The van der Waals surface area contributed by atoms with Gasteiger partial charge in [0.2, 0.25) is 0 Å². The number of benzene rings is 3. The van der Waals surface area contributed by atoms with Crippen molar-refractivity contribution >= 4 is 0 Å². The topological polar surface area (TPSA) is 41.9 Å². The lowest BCUT2D eigenvalue weighted by molar-refractivity contribution is 0.0687. The molecule has 0 fully saturated rings. The number of ether oxygens (including phenoxy) is 2. The van der Waals surface area contributed by atoms with Crippen molar-refractivity contribution in [2.24, 2.45) is 0 Å². The highest BCUT2D eigenvalue weighted by atomic mass is 16.5. The second kappa shape index (κ2) is 12.6. The maximum atomic E-state index is 12.0. The molecule has 0 bridgehead atoms. The summed E-state index contributed by atoms with van der Waals surface area (Å²) in [4.78, 5) is 2.34. The number of nitrogens with zero attached hydrogens (tertiary/aromatic N) is 1. The third-order valence-corrected chi connectivity index (χ3v) is 6.59. The first kappa shape index (κ1) is 25.8. The van der Waals surface area contributed by atoms with Crippen LogP contribution in [0.25, 0.3) is 0 Å². The number of aryl methyl sites for hydroxylation is 2. The first-order chi connectivity index (χ1) is 16.5. The smallest absolute Gasteiger partial charge is 0.119 e. The van der Waals surface area contributed by atoms with E-state index in [0.717, 1.165) is 55.1 Å². The van der Waals surface area contributed by atoms with Gasteiger partial charge in [0.15, 0.2) is 0 Å². The molecule has 3 aromatic rings. The Balaban J connectivity index is 1.74. The molecule has 0 spiro atoms. The van der Waals surface area contributed by atoms with Gasteiger partial charge in [-0.05, 0) is 80.2 Å². The molecule has 0 aliphatic rings. The van der Waals surface area contributed by atoms with E-state index in [4.69, 9.17) is 9.47 Å². The number of hydrogen-bond donors (Lipinski definition) is 1. The number of aliphatic hydroxyl groups is 1. The van der Waals surface area contributed by atoms with E-state index in [0.29, 0.717) is 13.0 Å². The van der Waals surface area contributed by atoms with E-state index in [9.17, 15) is 5.11 Å². The van der Waals surface area contributed by atoms with E-state index < -0.39 is 5.60 Å². The first-order valence-corrected chi connectivity index (χ1v) is 12.4. The van der Waals surface area contributed by atoms with Crippen molar-refractivity contribution in [3.05, 3.63) is 95.1 Å². The maximum Gasteiger partial charge on any atom is 0.119 e. The van der Waals surface area contributed by atoms with Gasteiger partial charge in [-0.3, -0.25) is 0 Å². The van der Waals surface area contributed by atoms with Gasteiger partial charge in [0.25, 0.3) is 0 Å². The number of hydrogen-bond acceptors (Lipinski definition) is 4. The predicted molar refractivity (Wildman–Crippen MR) is 140 cm³/mol. The summed E-state index contributed by atoms with van der Waals surface area (Å²) >= 11 is 0. The molecule has 0 aromatic heterocycles. The zero-order valence-corrected chi connectivity index (χ0v) is 21.1. The van der Waals surface area contributed by atoms with Crippen LogP contribution in [0.1, 0.15) is 48.9 Å². The van der Waals surface area contributed by atoms with Gasteiger partial charge in [-0.15, -0.1) is 0 Å². The highest BCUT2D eigenvalue weighted by molar-refractivity contribution is 5.41. The molecule has 1 N–H and O–H groups in total. The van der Waals surface area contributed by atoms with Gasteiger partial charge in [-0.1, -0.05) is 67.9 Å². The molecule has 34 heavy (non-hydrogen) atoms. The minimum Gasteiger partial charge on any atom is -0.497 e. The van der Waals surface area contributed by atoms with E-state index in [1.165, 1.54) is 11.1 Å². The second-order valence-electron chi connectivity index (χ2n) is 8.83. The summed E-state index contributed by atoms with van der Waals surface area (Å²) < 4.78 is 11.3. The van der Waals surface area contributed by atoms with Gasteiger partial charge < -0.3 is 19.5 Å².